The molecule has 32 heavy (non-hydrogen) atoms. The molecule has 0 aliphatic rings. The maximum atomic E-state index is 14.4. The summed E-state index contributed by atoms with van der Waals surface area (Å²) in [6, 6.07) is 9.94. The molecular formula is C24H25FN2O4S. The van der Waals surface area contributed by atoms with Gasteiger partial charge in [0.25, 0.3) is 0 Å². The predicted molar refractivity (Wildman–Crippen MR) is 127 cm³/mol. The largest absolute Gasteiger partial charge is 0.493 e. The Bertz CT molecular complexity index is 1090. The van der Waals surface area contributed by atoms with E-state index in [1.807, 2.05) is 12.2 Å². The Labute approximate surface area is 190 Å². The Morgan fingerprint density at radius 3 is 2.66 bits per heavy atom. The van der Waals surface area contributed by atoms with Gasteiger partial charge in [0.05, 0.1) is 19.2 Å². The fourth-order valence-corrected chi connectivity index (χ4v) is 3.37. The highest BCUT2D eigenvalue weighted by atomic mass is 32.2. The number of methoxy groups -OCH3 is 1. The van der Waals surface area contributed by atoms with Crippen LogP contribution in [0.5, 0.6) is 23.0 Å². The van der Waals surface area contributed by atoms with E-state index in [0.717, 1.165) is 24.2 Å². The minimum atomic E-state index is -0.466. The Hall–Kier alpha value is -3.26. The van der Waals surface area contributed by atoms with Gasteiger partial charge in [-0.05, 0) is 37.1 Å². The van der Waals surface area contributed by atoms with Gasteiger partial charge in [0.15, 0.2) is 28.7 Å². The highest BCUT2D eigenvalue weighted by Crippen LogP contribution is 2.37. The molecule has 0 saturated carbocycles. The maximum absolute atomic E-state index is 14.4. The average molecular weight is 457 g/mol. The molecule has 0 aliphatic heterocycles. The zero-order chi connectivity index (χ0) is 22.8. The monoisotopic (exact) mass is 456 g/mol. The van der Waals surface area contributed by atoms with Crippen LogP contribution in [0.1, 0.15) is 12.8 Å². The topological polar surface area (TPSA) is 69.7 Å². The van der Waals surface area contributed by atoms with E-state index in [-0.39, 0.29) is 5.75 Å². The first kappa shape index (κ1) is 23.4. The summed E-state index contributed by atoms with van der Waals surface area (Å²) in [7, 11) is 3.29. The van der Waals surface area contributed by atoms with Crippen molar-refractivity contribution in [1.29, 1.82) is 0 Å². The molecule has 0 unspecified atom stereocenters. The molecule has 8 heteroatoms. The van der Waals surface area contributed by atoms with Crippen LogP contribution in [0.15, 0.2) is 54.7 Å². The Kier molecular flexibility index (Phi) is 8.74. The number of allylic oxidation sites excluding steroid dienone is 1. The summed E-state index contributed by atoms with van der Waals surface area (Å²) in [4.78, 5) is 14.7. The van der Waals surface area contributed by atoms with E-state index in [9.17, 15) is 9.18 Å². The number of carbonyl (C=O) groups excluding carboxylic acids is 1. The Morgan fingerprint density at radius 1 is 1.06 bits per heavy atom. The van der Waals surface area contributed by atoms with Crippen molar-refractivity contribution in [2.24, 2.45) is 0 Å². The lowest BCUT2D eigenvalue weighted by Crippen LogP contribution is -1.99. The van der Waals surface area contributed by atoms with Crippen molar-refractivity contribution in [3.8, 4) is 23.0 Å². The minimum Gasteiger partial charge on any atom is -0.493 e. The number of rotatable bonds is 12. The molecule has 3 aromatic rings. The molecule has 0 amide bonds. The average Bonchev–Trinajstić information content (AvgIpc) is 2.81. The summed E-state index contributed by atoms with van der Waals surface area (Å²) in [6.45, 7) is 0.471. The summed E-state index contributed by atoms with van der Waals surface area (Å²) >= 11 is 1.26. The number of thioether (sulfide) groups is 1. The molecule has 1 aromatic heterocycles. The Morgan fingerprint density at radius 2 is 1.91 bits per heavy atom. The molecule has 168 valence electrons. The number of pyridine rings is 1. The molecule has 0 atom stereocenters. The summed E-state index contributed by atoms with van der Waals surface area (Å²) in [5.74, 6) is 2.00. The fourth-order valence-electron chi connectivity index (χ4n) is 3.00. The van der Waals surface area contributed by atoms with Gasteiger partial charge in [0.1, 0.15) is 5.75 Å². The van der Waals surface area contributed by atoms with Crippen molar-refractivity contribution in [2.45, 2.75) is 12.8 Å². The first-order valence-corrected chi connectivity index (χ1v) is 11.2. The summed E-state index contributed by atoms with van der Waals surface area (Å²) in [5, 5.41) is 3.57. The smallest absolute Gasteiger partial charge is 0.176 e. The van der Waals surface area contributed by atoms with Gasteiger partial charge in [-0.1, -0.05) is 23.9 Å². The molecular weight excluding hydrogens is 431 g/mol. The van der Waals surface area contributed by atoms with Crippen LogP contribution in [0.2, 0.25) is 0 Å². The maximum Gasteiger partial charge on any atom is 0.176 e. The number of hydrogen-bond donors (Lipinski definition) is 1. The van der Waals surface area contributed by atoms with Crippen LogP contribution < -0.4 is 19.5 Å². The molecule has 3 rings (SSSR count). The van der Waals surface area contributed by atoms with Gasteiger partial charge in [-0.3, -0.25) is 9.78 Å². The second-order valence-electron chi connectivity index (χ2n) is 6.69. The van der Waals surface area contributed by atoms with Crippen LogP contribution in [0.4, 0.5) is 10.1 Å². The number of nitrogens with one attached hydrogen (secondary N) is 1. The lowest BCUT2D eigenvalue weighted by molar-refractivity contribution is 0.300. The van der Waals surface area contributed by atoms with E-state index in [1.54, 1.807) is 50.7 Å². The van der Waals surface area contributed by atoms with Crippen LogP contribution in [0.3, 0.4) is 0 Å². The second kappa shape index (κ2) is 12.0. The molecule has 0 saturated heterocycles. The number of anilines is 1. The predicted octanol–water partition coefficient (Wildman–Crippen LogP) is 5.86. The van der Waals surface area contributed by atoms with E-state index < -0.39 is 5.82 Å². The first-order chi connectivity index (χ1) is 15.7. The van der Waals surface area contributed by atoms with Gasteiger partial charge in [-0.15, -0.1) is 0 Å². The van der Waals surface area contributed by atoms with Crippen molar-refractivity contribution >= 4 is 34.0 Å². The Balaban J connectivity index is 1.74. The number of hydrogen-bond acceptors (Lipinski definition) is 7. The van der Waals surface area contributed by atoms with E-state index in [1.165, 1.54) is 17.8 Å². The van der Waals surface area contributed by atoms with E-state index in [0.29, 0.717) is 40.4 Å². The van der Waals surface area contributed by atoms with Gasteiger partial charge >= 0.3 is 0 Å². The van der Waals surface area contributed by atoms with Gasteiger partial charge < -0.3 is 19.5 Å². The van der Waals surface area contributed by atoms with Crippen LogP contribution >= 0.6 is 11.8 Å². The van der Waals surface area contributed by atoms with Crippen molar-refractivity contribution < 1.29 is 23.4 Å². The molecule has 6 nitrogen and oxygen atoms in total. The van der Waals surface area contributed by atoms with Crippen LogP contribution in [0.25, 0.3) is 10.9 Å². The standard InChI is InChI=1S/C24H25FN2O4S/c1-26-17-7-8-22(19(25)13-17)31-21-9-10-27-20-15-24(23(29-2)14-18(20)21)30-11-5-3-4-6-12-32-16-28/h3-4,7-10,13-16,26H,5-6,11-12H2,1-2H3/b4-3+. The van der Waals surface area contributed by atoms with Crippen molar-refractivity contribution in [3.05, 3.63) is 60.6 Å². The minimum absolute atomic E-state index is 0.120. The van der Waals surface area contributed by atoms with Gasteiger partial charge in [-0.25, -0.2) is 4.39 Å². The number of ether oxygens (including phenoxy) is 3. The summed E-state index contributed by atoms with van der Waals surface area (Å²) in [5.41, 5.74) is 2.16. The molecule has 0 spiro atoms. The second-order valence-corrected chi connectivity index (χ2v) is 7.62. The SMILES string of the molecule is CNc1ccc(Oc2ccnc3cc(OCC/C=C/CCSC=O)c(OC)cc23)c(F)c1. The van der Waals surface area contributed by atoms with Crippen molar-refractivity contribution in [3.63, 3.8) is 0 Å². The van der Waals surface area contributed by atoms with E-state index >= 15 is 0 Å². The number of nitrogens with zero attached hydrogens (tertiary/aromatic N) is 1. The highest BCUT2D eigenvalue weighted by Gasteiger charge is 2.13. The van der Waals surface area contributed by atoms with Crippen molar-refractivity contribution in [2.75, 3.05) is 31.8 Å². The number of fused-ring (bicyclic) bond motifs is 1. The molecule has 0 radical (unpaired) electrons. The highest BCUT2D eigenvalue weighted by molar-refractivity contribution is 8.11. The van der Waals surface area contributed by atoms with E-state index in [4.69, 9.17) is 14.2 Å². The normalized spacial score (nSPS) is 11.0. The third kappa shape index (κ3) is 6.13. The van der Waals surface area contributed by atoms with Gasteiger partial charge in [-0.2, -0.15) is 0 Å². The van der Waals surface area contributed by atoms with Crippen LogP contribution in [-0.4, -0.2) is 37.1 Å². The van der Waals surface area contributed by atoms with E-state index in [2.05, 4.69) is 10.3 Å². The molecule has 2 aromatic carbocycles. The summed E-state index contributed by atoms with van der Waals surface area (Å²) < 4.78 is 31.6. The molecule has 1 heterocycles. The molecule has 0 fully saturated rings. The lowest BCUT2D eigenvalue weighted by Gasteiger charge is -2.14. The number of carbonyl (C=O) groups is 1. The van der Waals surface area contributed by atoms with Crippen LogP contribution in [0, 0.1) is 5.82 Å². The lowest BCUT2D eigenvalue weighted by atomic mass is 10.1. The number of aromatic nitrogens is 1. The fraction of sp³-hybridized carbons (Fsp3) is 0.250. The van der Waals surface area contributed by atoms with Crippen LogP contribution in [-0.2, 0) is 4.79 Å². The van der Waals surface area contributed by atoms with Gasteiger partial charge in [0.2, 0.25) is 0 Å². The number of halogens is 1. The zero-order valence-corrected chi connectivity index (χ0v) is 18.8. The molecule has 0 bridgehead atoms. The zero-order valence-electron chi connectivity index (χ0n) is 18.0. The third-order valence-electron chi connectivity index (χ3n) is 4.61. The quantitative estimate of drug-likeness (QED) is 0.208. The molecule has 0 aliphatic carbocycles. The third-order valence-corrected chi connectivity index (χ3v) is 5.21. The van der Waals surface area contributed by atoms with Crippen molar-refractivity contribution in [1.82, 2.24) is 4.98 Å². The molecule has 1 N–H and O–H groups in total. The van der Waals surface area contributed by atoms with Gasteiger partial charge in [0, 0.05) is 42.2 Å². The number of benzene rings is 2. The first-order valence-electron chi connectivity index (χ1n) is 10.1. The summed E-state index contributed by atoms with van der Waals surface area (Å²) in [6.07, 6.45) is 7.23.